The summed E-state index contributed by atoms with van der Waals surface area (Å²) in [6.45, 7) is 4.03. The first kappa shape index (κ1) is 21.2. The maximum absolute atomic E-state index is 13.2. The molecular weight excluding hydrogens is 458 g/mol. The van der Waals surface area contributed by atoms with Gasteiger partial charge in [-0.2, -0.15) is 0 Å². The number of hydrogen-bond donors (Lipinski definition) is 0. The van der Waals surface area contributed by atoms with Gasteiger partial charge in [0, 0.05) is 27.8 Å². The molecule has 0 aliphatic heterocycles. The molecule has 0 spiro atoms. The summed E-state index contributed by atoms with van der Waals surface area (Å²) in [6.07, 6.45) is 4.08. The molecule has 4 rings (SSSR count). The van der Waals surface area contributed by atoms with Crippen molar-refractivity contribution in [2.45, 2.75) is 39.7 Å². The fourth-order valence-electron chi connectivity index (χ4n) is 3.77. The molecule has 0 aliphatic carbocycles. The minimum Gasteiger partial charge on any atom is -0.456 e. The summed E-state index contributed by atoms with van der Waals surface area (Å²) < 4.78 is 7.86. The van der Waals surface area contributed by atoms with Crippen LogP contribution in [-0.2, 0) is 24.2 Å². The van der Waals surface area contributed by atoms with E-state index in [2.05, 4.69) is 27.8 Å². The van der Waals surface area contributed by atoms with Gasteiger partial charge in [-0.15, -0.1) is 0 Å². The van der Waals surface area contributed by atoms with Gasteiger partial charge < -0.3 is 4.74 Å². The van der Waals surface area contributed by atoms with E-state index in [-0.39, 0.29) is 12.2 Å². The quantitative estimate of drug-likeness (QED) is 0.368. The maximum atomic E-state index is 13.2. The van der Waals surface area contributed by atoms with Crippen molar-refractivity contribution in [2.24, 2.45) is 0 Å². The Balaban J connectivity index is 1.70. The Hall–Kier alpha value is -3.06. The molecule has 0 aliphatic rings. The van der Waals surface area contributed by atoms with E-state index in [1.165, 1.54) is 10.5 Å². The van der Waals surface area contributed by atoms with Gasteiger partial charge in [0.05, 0.1) is 16.8 Å². The Morgan fingerprint density at radius 3 is 2.71 bits per heavy atom. The van der Waals surface area contributed by atoms with Gasteiger partial charge in [-0.3, -0.25) is 14.2 Å². The molecule has 0 N–H and O–H groups in total. The monoisotopic (exact) mass is 479 g/mol. The van der Waals surface area contributed by atoms with E-state index in [1.54, 1.807) is 12.3 Å². The van der Waals surface area contributed by atoms with Gasteiger partial charge in [0.15, 0.2) is 0 Å². The van der Waals surface area contributed by atoms with Crippen molar-refractivity contribution in [1.82, 2.24) is 14.4 Å². The zero-order chi connectivity index (χ0) is 22.0. The second-order valence-corrected chi connectivity index (χ2v) is 8.19. The number of aryl methyl sites for hydroxylation is 1. The minimum absolute atomic E-state index is 0.0798. The summed E-state index contributed by atoms with van der Waals surface area (Å²) in [7, 11) is 0. The lowest BCUT2D eigenvalue weighted by molar-refractivity contribution is 0.0468. The molecule has 1 aromatic carbocycles. The Morgan fingerprint density at radius 2 is 1.94 bits per heavy atom. The number of para-hydroxylation sites is 1. The molecule has 4 aromatic rings. The summed E-state index contributed by atoms with van der Waals surface area (Å²) in [5, 5.41) is 0.778. The zero-order valence-corrected chi connectivity index (χ0v) is 19.0. The standard InChI is InChI=1S/C24H22BrN3O3/c1-3-7-19-17(4-2)23(18-8-5-6-9-20(18)27-19)24(30)31-14-16-12-22(29)28-13-15(25)10-11-21(28)26-16/h5-6,8-13H,3-4,7,14H2,1-2H3. The van der Waals surface area contributed by atoms with Gasteiger partial charge >= 0.3 is 5.97 Å². The number of aromatic nitrogens is 3. The lowest BCUT2D eigenvalue weighted by Crippen LogP contribution is -2.17. The highest BCUT2D eigenvalue weighted by molar-refractivity contribution is 9.10. The number of esters is 1. The van der Waals surface area contributed by atoms with Crippen molar-refractivity contribution in [2.75, 3.05) is 0 Å². The molecule has 0 saturated carbocycles. The van der Waals surface area contributed by atoms with E-state index in [0.717, 1.165) is 39.5 Å². The number of carbonyl (C=O) groups is 1. The lowest BCUT2D eigenvalue weighted by Gasteiger charge is -2.15. The number of pyridine rings is 2. The Labute approximate surface area is 188 Å². The van der Waals surface area contributed by atoms with Gasteiger partial charge in [0.1, 0.15) is 12.3 Å². The normalized spacial score (nSPS) is 11.2. The molecule has 0 saturated heterocycles. The Bertz CT molecular complexity index is 1350. The van der Waals surface area contributed by atoms with E-state index >= 15 is 0 Å². The fourth-order valence-corrected chi connectivity index (χ4v) is 4.11. The van der Waals surface area contributed by atoms with Crippen molar-refractivity contribution in [1.29, 1.82) is 0 Å². The molecule has 3 aromatic heterocycles. The second-order valence-electron chi connectivity index (χ2n) is 7.27. The van der Waals surface area contributed by atoms with Crippen LogP contribution in [0.15, 0.2) is 57.9 Å². The van der Waals surface area contributed by atoms with Gasteiger partial charge in [-0.25, -0.2) is 9.78 Å². The number of halogens is 1. The molecule has 6 nitrogen and oxygen atoms in total. The van der Waals surface area contributed by atoms with Crippen LogP contribution in [-0.4, -0.2) is 20.3 Å². The van der Waals surface area contributed by atoms with Crippen molar-refractivity contribution in [3.63, 3.8) is 0 Å². The number of benzene rings is 1. The van der Waals surface area contributed by atoms with Gasteiger partial charge in [0.2, 0.25) is 0 Å². The summed E-state index contributed by atoms with van der Waals surface area (Å²) in [5.41, 5.74) is 3.86. The second kappa shape index (κ2) is 8.98. The molecule has 0 unspecified atom stereocenters. The van der Waals surface area contributed by atoms with E-state index < -0.39 is 5.97 Å². The van der Waals surface area contributed by atoms with Crippen molar-refractivity contribution in [3.05, 3.63) is 86.0 Å². The zero-order valence-electron chi connectivity index (χ0n) is 17.4. The van der Waals surface area contributed by atoms with Crippen LogP contribution < -0.4 is 5.56 Å². The first-order chi connectivity index (χ1) is 15.0. The largest absolute Gasteiger partial charge is 0.456 e. The van der Waals surface area contributed by atoms with E-state index in [4.69, 9.17) is 9.72 Å². The number of ether oxygens (including phenoxy) is 1. The van der Waals surface area contributed by atoms with Gasteiger partial charge in [-0.05, 0) is 52.5 Å². The van der Waals surface area contributed by atoms with E-state index in [9.17, 15) is 9.59 Å². The van der Waals surface area contributed by atoms with Crippen LogP contribution in [0.5, 0.6) is 0 Å². The Morgan fingerprint density at radius 1 is 1.13 bits per heavy atom. The number of fused-ring (bicyclic) bond motifs is 2. The van der Waals surface area contributed by atoms with Crippen LogP contribution in [0.1, 0.15) is 47.6 Å². The Kier molecular flexibility index (Phi) is 6.13. The predicted octanol–water partition coefficient (Wildman–Crippen LogP) is 4.88. The van der Waals surface area contributed by atoms with Crippen molar-refractivity contribution < 1.29 is 9.53 Å². The number of carbonyl (C=O) groups excluding carboxylic acids is 1. The SMILES string of the molecule is CCCc1nc2ccccc2c(C(=O)OCc2cc(=O)n3cc(Br)ccc3n2)c1CC. The lowest BCUT2D eigenvalue weighted by atomic mass is 9.96. The molecule has 7 heteroatoms. The van der Waals surface area contributed by atoms with Crippen LogP contribution in [0, 0.1) is 0 Å². The molecule has 31 heavy (non-hydrogen) atoms. The van der Waals surface area contributed by atoms with Crippen LogP contribution >= 0.6 is 15.9 Å². The number of rotatable bonds is 6. The fraction of sp³-hybridized carbons (Fsp3) is 0.250. The highest BCUT2D eigenvalue weighted by Crippen LogP contribution is 2.26. The minimum atomic E-state index is -0.425. The van der Waals surface area contributed by atoms with E-state index in [0.29, 0.717) is 23.3 Å². The molecule has 3 heterocycles. The van der Waals surface area contributed by atoms with Crippen LogP contribution in [0.25, 0.3) is 16.6 Å². The van der Waals surface area contributed by atoms with Crippen LogP contribution in [0.4, 0.5) is 0 Å². The molecule has 0 bridgehead atoms. The summed E-state index contributed by atoms with van der Waals surface area (Å²) in [6, 6.07) is 12.5. The van der Waals surface area contributed by atoms with E-state index in [1.807, 2.05) is 37.3 Å². The third kappa shape index (κ3) is 4.23. The molecule has 0 atom stereocenters. The molecule has 0 radical (unpaired) electrons. The average Bonchev–Trinajstić information content (AvgIpc) is 2.77. The molecule has 0 fully saturated rings. The molecular formula is C24H22BrN3O3. The summed E-state index contributed by atoms with van der Waals surface area (Å²) in [5.74, 6) is -0.425. The highest BCUT2D eigenvalue weighted by Gasteiger charge is 2.21. The van der Waals surface area contributed by atoms with Crippen LogP contribution in [0.2, 0.25) is 0 Å². The smallest absolute Gasteiger partial charge is 0.339 e. The first-order valence-corrected chi connectivity index (χ1v) is 11.1. The summed E-state index contributed by atoms with van der Waals surface area (Å²) in [4.78, 5) is 34.8. The maximum Gasteiger partial charge on any atom is 0.339 e. The average molecular weight is 480 g/mol. The number of nitrogens with zero attached hydrogens (tertiary/aromatic N) is 3. The van der Waals surface area contributed by atoms with Crippen molar-refractivity contribution >= 4 is 38.4 Å². The third-order valence-electron chi connectivity index (χ3n) is 5.15. The first-order valence-electron chi connectivity index (χ1n) is 10.3. The third-order valence-corrected chi connectivity index (χ3v) is 5.62. The van der Waals surface area contributed by atoms with Crippen molar-refractivity contribution in [3.8, 4) is 0 Å². The number of hydrogen-bond acceptors (Lipinski definition) is 5. The van der Waals surface area contributed by atoms with Gasteiger partial charge in [-0.1, -0.05) is 38.5 Å². The summed E-state index contributed by atoms with van der Waals surface area (Å²) >= 11 is 3.35. The predicted molar refractivity (Wildman–Crippen MR) is 123 cm³/mol. The molecule has 158 valence electrons. The highest BCUT2D eigenvalue weighted by atomic mass is 79.9. The van der Waals surface area contributed by atoms with Gasteiger partial charge in [0.25, 0.3) is 5.56 Å². The topological polar surface area (TPSA) is 73.6 Å². The molecule has 0 amide bonds. The van der Waals surface area contributed by atoms with Crippen LogP contribution in [0.3, 0.4) is 0 Å².